The maximum atomic E-state index is 12.1. The minimum Gasteiger partial charge on any atom is -0.508 e. The number of hydrogen-bond donors (Lipinski definition) is 2. The molecule has 1 atom stereocenters. The van der Waals surface area contributed by atoms with Crippen LogP contribution in [0, 0.1) is 0 Å². The van der Waals surface area contributed by atoms with Crippen LogP contribution in [0.15, 0.2) is 84.9 Å². The van der Waals surface area contributed by atoms with E-state index in [4.69, 9.17) is 0 Å². The number of phenols is 1. The highest BCUT2D eigenvalue weighted by atomic mass is 16.4. The molecule has 0 fully saturated rings. The number of carboxylic acids is 1. The van der Waals surface area contributed by atoms with Crippen LogP contribution in [0.5, 0.6) is 5.75 Å². The Kier molecular flexibility index (Phi) is 4.62. The SMILES string of the molecule is O=C(O)C(c1ccc(O)cc1)C(c1ccccc1)c1ccccc1. The minimum absolute atomic E-state index is 0.124. The van der Waals surface area contributed by atoms with Gasteiger partial charge < -0.3 is 10.2 Å². The fourth-order valence-corrected chi connectivity index (χ4v) is 3.06. The van der Waals surface area contributed by atoms with E-state index in [9.17, 15) is 15.0 Å². The Morgan fingerprint density at radius 1 is 0.667 bits per heavy atom. The molecule has 0 aliphatic heterocycles. The lowest BCUT2D eigenvalue weighted by atomic mass is 9.77. The van der Waals surface area contributed by atoms with Crippen LogP contribution in [0.4, 0.5) is 0 Å². The van der Waals surface area contributed by atoms with Crippen LogP contribution >= 0.6 is 0 Å². The number of rotatable bonds is 5. The molecule has 0 aliphatic carbocycles. The highest BCUT2D eigenvalue weighted by molar-refractivity contribution is 5.78. The molecule has 3 aromatic carbocycles. The summed E-state index contributed by atoms with van der Waals surface area (Å²) in [7, 11) is 0. The van der Waals surface area contributed by atoms with Gasteiger partial charge in [-0.25, -0.2) is 0 Å². The highest BCUT2D eigenvalue weighted by Gasteiger charge is 2.32. The van der Waals surface area contributed by atoms with Crippen LogP contribution in [-0.2, 0) is 4.79 Å². The van der Waals surface area contributed by atoms with E-state index in [0.29, 0.717) is 5.56 Å². The third-order valence-electron chi connectivity index (χ3n) is 4.17. The van der Waals surface area contributed by atoms with Crippen molar-refractivity contribution >= 4 is 5.97 Å². The summed E-state index contributed by atoms with van der Waals surface area (Å²) in [6.07, 6.45) is 0. The molecule has 24 heavy (non-hydrogen) atoms. The molecule has 0 saturated carbocycles. The number of phenolic OH excluding ortho intramolecular Hbond substituents is 1. The number of benzene rings is 3. The molecule has 3 nitrogen and oxygen atoms in total. The summed E-state index contributed by atoms with van der Waals surface area (Å²) in [6.45, 7) is 0. The lowest BCUT2D eigenvalue weighted by Gasteiger charge is -2.25. The van der Waals surface area contributed by atoms with Gasteiger partial charge >= 0.3 is 5.97 Å². The first-order valence-corrected chi connectivity index (χ1v) is 7.78. The lowest BCUT2D eigenvalue weighted by molar-refractivity contribution is -0.139. The number of aromatic hydroxyl groups is 1. The molecule has 3 heteroatoms. The average Bonchev–Trinajstić information content (AvgIpc) is 2.62. The summed E-state index contributed by atoms with van der Waals surface area (Å²) < 4.78 is 0. The third kappa shape index (κ3) is 3.30. The molecule has 0 spiro atoms. The molecule has 0 bridgehead atoms. The monoisotopic (exact) mass is 318 g/mol. The van der Waals surface area contributed by atoms with E-state index >= 15 is 0 Å². The molecule has 3 rings (SSSR count). The molecule has 0 radical (unpaired) electrons. The van der Waals surface area contributed by atoms with Gasteiger partial charge in [-0.15, -0.1) is 0 Å². The summed E-state index contributed by atoms with van der Waals surface area (Å²) in [5.74, 6) is -1.82. The van der Waals surface area contributed by atoms with Gasteiger partial charge in [0.1, 0.15) is 5.75 Å². The Bertz CT molecular complexity index is 756. The van der Waals surface area contributed by atoms with Crippen molar-refractivity contribution in [2.24, 2.45) is 0 Å². The number of aliphatic carboxylic acids is 1. The van der Waals surface area contributed by atoms with Crippen LogP contribution in [0.3, 0.4) is 0 Å². The van der Waals surface area contributed by atoms with Crippen molar-refractivity contribution in [3.8, 4) is 5.75 Å². The minimum atomic E-state index is -0.890. The van der Waals surface area contributed by atoms with Crippen molar-refractivity contribution in [3.05, 3.63) is 102 Å². The van der Waals surface area contributed by atoms with E-state index in [0.717, 1.165) is 11.1 Å². The zero-order chi connectivity index (χ0) is 16.9. The zero-order valence-electron chi connectivity index (χ0n) is 13.0. The van der Waals surface area contributed by atoms with Crippen molar-refractivity contribution < 1.29 is 15.0 Å². The van der Waals surface area contributed by atoms with E-state index in [1.54, 1.807) is 12.1 Å². The fraction of sp³-hybridized carbons (Fsp3) is 0.0952. The first kappa shape index (κ1) is 15.8. The summed E-state index contributed by atoms with van der Waals surface area (Å²) in [5.41, 5.74) is 2.56. The smallest absolute Gasteiger partial charge is 0.311 e. The zero-order valence-corrected chi connectivity index (χ0v) is 13.0. The van der Waals surface area contributed by atoms with Gasteiger partial charge in [-0.2, -0.15) is 0 Å². The van der Waals surface area contributed by atoms with Gasteiger partial charge in [0.25, 0.3) is 0 Å². The van der Waals surface area contributed by atoms with Gasteiger partial charge in [0.2, 0.25) is 0 Å². The predicted octanol–water partition coefficient (Wildman–Crippen LogP) is 4.39. The quantitative estimate of drug-likeness (QED) is 0.733. The second kappa shape index (κ2) is 7.01. The normalized spacial score (nSPS) is 12.0. The topological polar surface area (TPSA) is 57.5 Å². The molecule has 0 aliphatic rings. The Hall–Kier alpha value is -3.07. The number of carboxylic acid groups (broad SMARTS) is 1. The molecular weight excluding hydrogens is 300 g/mol. The lowest BCUT2D eigenvalue weighted by Crippen LogP contribution is -2.21. The second-order valence-corrected chi connectivity index (χ2v) is 5.71. The number of hydrogen-bond acceptors (Lipinski definition) is 2. The summed E-state index contributed by atoms with van der Waals surface area (Å²) in [6, 6.07) is 25.7. The van der Waals surface area contributed by atoms with Crippen LogP contribution < -0.4 is 0 Å². The average molecular weight is 318 g/mol. The Morgan fingerprint density at radius 2 is 1.12 bits per heavy atom. The van der Waals surface area contributed by atoms with E-state index in [1.807, 2.05) is 60.7 Å². The van der Waals surface area contributed by atoms with Gasteiger partial charge in [0.15, 0.2) is 0 Å². The van der Waals surface area contributed by atoms with Crippen molar-refractivity contribution in [2.45, 2.75) is 11.8 Å². The Labute approximate surface area is 140 Å². The van der Waals surface area contributed by atoms with E-state index < -0.39 is 11.9 Å². The Morgan fingerprint density at radius 3 is 1.54 bits per heavy atom. The van der Waals surface area contributed by atoms with Gasteiger partial charge in [-0.05, 0) is 28.8 Å². The van der Waals surface area contributed by atoms with E-state index in [2.05, 4.69) is 0 Å². The van der Waals surface area contributed by atoms with Crippen molar-refractivity contribution in [1.82, 2.24) is 0 Å². The third-order valence-corrected chi connectivity index (χ3v) is 4.17. The first-order chi connectivity index (χ1) is 11.7. The molecule has 2 N–H and O–H groups in total. The predicted molar refractivity (Wildman–Crippen MR) is 93.2 cm³/mol. The second-order valence-electron chi connectivity index (χ2n) is 5.71. The Balaban J connectivity index is 2.15. The van der Waals surface area contributed by atoms with Gasteiger partial charge in [-0.1, -0.05) is 72.8 Å². The van der Waals surface area contributed by atoms with E-state index in [1.165, 1.54) is 12.1 Å². The van der Waals surface area contributed by atoms with Gasteiger partial charge in [0.05, 0.1) is 5.92 Å². The molecule has 0 heterocycles. The largest absolute Gasteiger partial charge is 0.508 e. The molecule has 0 aromatic heterocycles. The van der Waals surface area contributed by atoms with E-state index in [-0.39, 0.29) is 11.7 Å². The van der Waals surface area contributed by atoms with Gasteiger partial charge in [-0.3, -0.25) is 4.79 Å². The van der Waals surface area contributed by atoms with Crippen LogP contribution in [-0.4, -0.2) is 16.2 Å². The van der Waals surface area contributed by atoms with Crippen LogP contribution in [0.1, 0.15) is 28.5 Å². The highest BCUT2D eigenvalue weighted by Crippen LogP contribution is 2.39. The maximum absolute atomic E-state index is 12.1. The molecule has 0 saturated heterocycles. The molecule has 3 aromatic rings. The molecule has 0 amide bonds. The van der Waals surface area contributed by atoms with Crippen molar-refractivity contribution in [1.29, 1.82) is 0 Å². The summed E-state index contributed by atoms with van der Waals surface area (Å²) >= 11 is 0. The number of carbonyl (C=O) groups is 1. The molecular formula is C21H18O3. The molecule has 120 valence electrons. The van der Waals surface area contributed by atoms with Crippen LogP contribution in [0.2, 0.25) is 0 Å². The maximum Gasteiger partial charge on any atom is 0.311 e. The van der Waals surface area contributed by atoms with Crippen LogP contribution in [0.25, 0.3) is 0 Å². The summed E-state index contributed by atoms with van der Waals surface area (Å²) in [5, 5.41) is 19.4. The van der Waals surface area contributed by atoms with Crippen molar-refractivity contribution in [2.75, 3.05) is 0 Å². The standard InChI is InChI=1S/C21H18O3/c22-18-13-11-17(12-14-18)20(21(23)24)19(15-7-3-1-4-8-15)16-9-5-2-6-10-16/h1-14,19-20,22H,(H,23,24). The summed E-state index contributed by atoms with van der Waals surface area (Å²) in [4.78, 5) is 12.1. The van der Waals surface area contributed by atoms with Gasteiger partial charge in [0, 0.05) is 5.92 Å². The molecule has 1 unspecified atom stereocenters. The first-order valence-electron chi connectivity index (χ1n) is 7.78. The fourth-order valence-electron chi connectivity index (χ4n) is 3.06. The van der Waals surface area contributed by atoms with Crippen molar-refractivity contribution in [3.63, 3.8) is 0 Å².